The van der Waals surface area contributed by atoms with Crippen LogP contribution in [0.3, 0.4) is 0 Å². The van der Waals surface area contributed by atoms with E-state index < -0.39 is 11.9 Å². The maximum absolute atomic E-state index is 12.8. The Balaban J connectivity index is 1.44. The molecule has 0 bridgehead atoms. The fraction of sp³-hybridized carbons (Fsp3) is 0.296. The van der Waals surface area contributed by atoms with Crippen LogP contribution in [-0.2, 0) is 20.8 Å². The van der Waals surface area contributed by atoms with Gasteiger partial charge in [-0.3, -0.25) is 9.69 Å². The van der Waals surface area contributed by atoms with Crippen LogP contribution in [0, 0.1) is 0 Å². The summed E-state index contributed by atoms with van der Waals surface area (Å²) in [5, 5.41) is 5.25. The Bertz CT molecular complexity index is 1180. The number of carbonyl (C=O) groups excluding carboxylic acids is 3. The first-order chi connectivity index (χ1) is 16.5. The molecule has 0 spiro atoms. The Morgan fingerprint density at radius 2 is 1.56 bits per heavy atom. The molecule has 0 unspecified atom stereocenters. The molecule has 1 aliphatic rings. The molecule has 0 heterocycles. The SMILES string of the molecule is COC(=O)c1cc(NC(=O)CCN(Cc2cccc3ccccc23)C2CC2)cc(C(=O)OC)c1. The van der Waals surface area contributed by atoms with Gasteiger partial charge >= 0.3 is 11.9 Å². The summed E-state index contributed by atoms with van der Waals surface area (Å²) in [5.74, 6) is -1.39. The summed E-state index contributed by atoms with van der Waals surface area (Å²) >= 11 is 0. The molecule has 176 valence electrons. The van der Waals surface area contributed by atoms with Crippen molar-refractivity contribution in [3.05, 3.63) is 77.4 Å². The van der Waals surface area contributed by atoms with Gasteiger partial charge in [0, 0.05) is 31.2 Å². The lowest BCUT2D eigenvalue weighted by Crippen LogP contribution is -2.29. The number of benzene rings is 3. The Hall–Kier alpha value is -3.71. The van der Waals surface area contributed by atoms with Crippen molar-refractivity contribution in [2.45, 2.75) is 31.8 Å². The third kappa shape index (κ3) is 5.61. The van der Waals surface area contributed by atoms with Crippen LogP contribution in [0.5, 0.6) is 0 Å². The zero-order valence-corrected chi connectivity index (χ0v) is 19.4. The molecule has 1 aliphatic carbocycles. The number of nitrogens with one attached hydrogen (secondary N) is 1. The quantitative estimate of drug-likeness (QED) is 0.476. The number of hydrogen-bond donors (Lipinski definition) is 1. The van der Waals surface area contributed by atoms with Crippen molar-refractivity contribution in [1.29, 1.82) is 0 Å². The van der Waals surface area contributed by atoms with Crippen molar-refractivity contribution in [2.24, 2.45) is 0 Å². The van der Waals surface area contributed by atoms with E-state index in [0.717, 1.165) is 19.4 Å². The van der Waals surface area contributed by atoms with Crippen molar-refractivity contribution < 1.29 is 23.9 Å². The van der Waals surface area contributed by atoms with Crippen LogP contribution in [0.25, 0.3) is 10.8 Å². The lowest BCUT2D eigenvalue weighted by Gasteiger charge is -2.23. The summed E-state index contributed by atoms with van der Waals surface area (Å²) in [6.07, 6.45) is 2.56. The van der Waals surface area contributed by atoms with Crippen LogP contribution in [0.1, 0.15) is 45.5 Å². The van der Waals surface area contributed by atoms with Gasteiger partial charge in [-0.15, -0.1) is 0 Å². The summed E-state index contributed by atoms with van der Waals surface area (Å²) in [4.78, 5) is 39.1. The third-order valence-corrected chi connectivity index (χ3v) is 6.00. The maximum atomic E-state index is 12.8. The molecule has 0 aromatic heterocycles. The van der Waals surface area contributed by atoms with Crippen molar-refractivity contribution in [3.63, 3.8) is 0 Å². The first-order valence-electron chi connectivity index (χ1n) is 11.3. The maximum Gasteiger partial charge on any atom is 0.337 e. The van der Waals surface area contributed by atoms with Gasteiger partial charge in [0.25, 0.3) is 0 Å². The summed E-state index contributed by atoms with van der Waals surface area (Å²) in [5.41, 5.74) is 1.92. The molecular weight excluding hydrogens is 432 g/mol. The van der Waals surface area contributed by atoms with Crippen molar-refractivity contribution in [1.82, 2.24) is 4.90 Å². The number of nitrogens with zero attached hydrogens (tertiary/aromatic N) is 1. The number of amides is 1. The minimum Gasteiger partial charge on any atom is -0.465 e. The largest absolute Gasteiger partial charge is 0.465 e. The average Bonchev–Trinajstić information content (AvgIpc) is 3.71. The molecule has 1 fully saturated rings. The van der Waals surface area contributed by atoms with Gasteiger partial charge in [0.15, 0.2) is 0 Å². The fourth-order valence-corrected chi connectivity index (χ4v) is 4.12. The summed E-state index contributed by atoms with van der Waals surface area (Å²) in [6, 6.07) is 19.5. The molecule has 0 saturated heterocycles. The molecule has 7 nitrogen and oxygen atoms in total. The molecule has 7 heteroatoms. The summed E-state index contributed by atoms with van der Waals surface area (Å²) < 4.78 is 9.51. The highest BCUT2D eigenvalue weighted by molar-refractivity contribution is 5.99. The van der Waals surface area contributed by atoms with Crippen molar-refractivity contribution in [2.75, 3.05) is 26.1 Å². The number of esters is 2. The highest BCUT2D eigenvalue weighted by Gasteiger charge is 2.29. The highest BCUT2D eigenvalue weighted by Crippen LogP contribution is 2.30. The smallest absolute Gasteiger partial charge is 0.337 e. The molecule has 0 aliphatic heterocycles. The minimum atomic E-state index is -0.601. The van der Waals surface area contributed by atoms with E-state index in [4.69, 9.17) is 9.47 Å². The summed E-state index contributed by atoms with van der Waals surface area (Å²) in [6.45, 7) is 1.39. The fourth-order valence-electron chi connectivity index (χ4n) is 4.12. The molecule has 3 aromatic rings. The van der Waals surface area contributed by atoms with E-state index in [0.29, 0.717) is 18.3 Å². The van der Waals surface area contributed by atoms with Gasteiger partial charge in [-0.2, -0.15) is 0 Å². The highest BCUT2D eigenvalue weighted by atomic mass is 16.5. The van der Waals surface area contributed by atoms with E-state index in [-0.39, 0.29) is 23.5 Å². The number of ether oxygens (including phenoxy) is 2. The van der Waals surface area contributed by atoms with Crippen LogP contribution in [0.2, 0.25) is 0 Å². The molecular formula is C27H28N2O5. The molecule has 0 radical (unpaired) electrons. The van der Waals surface area contributed by atoms with Crippen LogP contribution in [0.15, 0.2) is 60.7 Å². The molecule has 34 heavy (non-hydrogen) atoms. The van der Waals surface area contributed by atoms with Crippen LogP contribution >= 0.6 is 0 Å². The van der Waals surface area contributed by atoms with Gasteiger partial charge in [0.05, 0.1) is 25.3 Å². The van der Waals surface area contributed by atoms with E-state index in [2.05, 4.69) is 40.5 Å². The zero-order chi connectivity index (χ0) is 24.1. The number of fused-ring (bicyclic) bond motifs is 1. The predicted molar refractivity (Wildman–Crippen MR) is 130 cm³/mol. The van der Waals surface area contributed by atoms with Gasteiger partial charge in [-0.05, 0) is 47.4 Å². The third-order valence-electron chi connectivity index (χ3n) is 6.00. The monoisotopic (exact) mass is 460 g/mol. The Morgan fingerprint density at radius 3 is 2.21 bits per heavy atom. The predicted octanol–water partition coefficient (Wildman–Crippen LogP) is 4.41. The van der Waals surface area contributed by atoms with Crippen LogP contribution in [-0.4, -0.2) is 49.6 Å². The minimum absolute atomic E-state index is 0.163. The van der Waals surface area contributed by atoms with E-state index in [9.17, 15) is 14.4 Å². The first kappa shape index (κ1) is 23.4. The van der Waals surface area contributed by atoms with Crippen LogP contribution in [0.4, 0.5) is 5.69 Å². The van der Waals surface area contributed by atoms with Gasteiger partial charge in [0.1, 0.15) is 0 Å². The second kappa shape index (κ2) is 10.5. The number of carbonyl (C=O) groups is 3. The molecule has 3 aromatic carbocycles. The van der Waals surface area contributed by atoms with Gasteiger partial charge in [-0.25, -0.2) is 9.59 Å². The molecule has 4 rings (SSSR count). The lowest BCUT2D eigenvalue weighted by atomic mass is 10.0. The number of hydrogen-bond acceptors (Lipinski definition) is 6. The normalized spacial score (nSPS) is 13.0. The van der Waals surface area contributed by atoms with E-state index in [1.165, 1.54) is 48.8 Å². The second-order valence-corrected chi connectivity index (χ2v) is 8.42. The molecule has 1 saturated carbocycles. The Labute approximate surface area is 198 Å². The number of methoxy groups -OCH3 is 2. The van der Waals surface area contributed by atoms with Gasteiger partial charge in [0.2, 0.25) is 5.91 Å². The topological polar surface area (TPSA) is 84.9 Å². The summed E-state index contributed by atoms with van der Waals surface area (Å²) in [7, 11) is 2.52. The first-order valence-corrected chi connectivity index (χ1v) is 11.3. The molecule has 0 atom stereocenters. The Kier molecular flexibility index (Phi) is 7.23. The van der Waals surface area contributed by atoms with Crippen molar-refractivity contribution in [3.8, 4) is 0 Å². The standard InChI is InChI=1S/C27H28N2O5/c1-33-26(31)20-14-21(27(32)34-2)16-22(15-20)28-25(30)12-13-29(23-10-11-23)17-19-8-5-7-18-6-3-4-9-24(18)19/h3-9,14-16,23H,10-13,17H2,1-2H3,(H,28,30). The van der Waals surface area contributed by atoms with Gasteiger partial charge in [-0.1, -0.05) is 42.5 Å². The number of anilines is 1. The molecule has 1 amide bonds. The van der Waals surface area contributed by atoms with E-state index >= 15 is 0 Å². The van der Waals surface area contributed by atoms with Crippen LogP contribution < -0.4 is 5.32 Å². The second-order valence-electron chi connectivity index (χ2n) is 8.42. The lowest BCUT2D eigenvalue weighted by molar-refractivity contribution is -0.116. The van der Waals surface area contributed by atoms with Crippen molar-refractivity contribution >= 4 is 34.3 Å². The zero-order valence-electron chi connectivity index (χ0n) is 19.4. The Morgan fingerprint density at radius 1 is 0.912 bits per heavy atom. The average molecular weight is 461 g/mol. The molecule has 1 N–H and O–H groups in total. The van der Waals surface area contributed by atoms with Gasteiger partial charge < -0.3 is 14.8 Å². The van der Waals surface area contributed by atoms with E-state index in [1.807, 2.05) is 12.1 Å². The number of rotatable bonds is 9. The van der Waals surface area contributed by atoms with E-state index in [1.54, 1.807) is 0 Å².